The molecule has 0 atom stereocenters. The molecule has 0 saturated heterocycles. The van der Waals surface area contributed by atoms with E-state index in [-0.39, 0.29) is 11.1 Å². The molecule has 1 aromatic carbocycles. The predicted octanol–water partition coefficient (Wildman–Crippen LogP) is 4.36. The number of amides is 1. The van der Waals surface area contributed by atoms with Gasteiger partial charge in [-0.15, -0.1) is 0 Å². The van der Waals surface area contributed by atoms with Crippen LogP contribution in [0.1, 0.15) is 45.6 Å². The number of nitrogens with one attached hydrogen (secondary N) is 1. The minimum Gasteiger partial charge on any atom is -0.444 e. The lowest BCUT2D eigenvalue weighted by Crippen LogP contribution is -2.39. The van der Waals surface area contributed by atoms with Gasteiger partial charge in [-0.25, -0.2) is 9.18 Å². The molecule has 24 heavy (non-hydrogen) atoms. The first-order valence-electron chi connectivity index (χ1n) is 8.40. The Morgan fingerprint density at radius 2 is 2.12 bits per heavy atom. The van der Waals surface area contributed by atoms with Gasteiger partial charge in [0.2, 0.25) is 0 Å². The van der Waals surface area contributed by atoms with Gasteiger partial charge in [0, 0.05) is 19.1 Å². The molecule has 4 nitrogen and oxygen atoms in total. The largest absolute Gasteiger partial charge is 0.444 e. The number of benzene rings is 1. The summed E-state index contributed by atoms with van der Waals surface area (Å²) in [6.45, 7) is 7.70. The van der Waals surface area contributed by atoms with Gasteiger partial charge in [-0.05, 0) is 64.3 Å². The van der Waals surface area contributed by atoms with Crippen molar-refractivity contribution < 1.29 is 13.9 Å². The molecule has 0 radical (unpaired) electrons. The van der Waals surface area contributed by atoms with Crippen LogP contribution in [-0.2, 0) is 11.3 Å². The van der Waals surface area contributed by atoms with E-state index in [0.717, 1.165) is 31.4 Å². The number of nitrogens with zero attached hydrogens (tertiary/aromatic N) is 1. The molecule has 0 unspecified atom stereocenters. The second kappa shape index (κ2) is 8.17. The average Bonchev–Trinajstić information content (AvgIpc) is 3.29. The van der Waals surface area contributed by atoms with Crippen molar-refractivity contribution >= 4 is 17.7 Å². The highest BCUT2D eigenvalue weighted by Gasteiger charge is 2.34. The predicted molar refractivity (Wildman–Crippen MR) is 93.7 cm³/mol. The first-order valence-corrected chi connectivity index (χ1v) is 8.78. The minimum absolute atomic E-state index is 0.138. The summed E-state index contributed by atoms with van der Waals surface area (Å²) < 4.78 is 18.6. The van der Waals surface area contributed by atoms with Crippen LogP contribution in [0.25, 0.3) is 0 Å². The Bertz CT molecular complexity index is 571. The summed E-state index contributed by atoms with van der Waals surface area (Å²) in [4.78, 5) is 14.1. The molecule has 6 heteroatoms. The van der Waals surface area contributed by atoms with Gasteiger partial charge in [0.15, 0.2) is 0 Å². The van der Waals surface area contributed by atoms with Crippen LogP contribution in [0.4, 0.5) is 9.18 Å². The van der Waals surface area contributed by atoms with Crippen molar-refractivity contribution in [2.75, 3.05) is 13.1 Å². The van der Waals surface area contributed by atoms with Crippen LogP contribution >= 0.6 is 11.6 Å². The molecule has 0 heterocycles. The van der Waals surface area contributed by atoms with E-state index < -0.39 is 11.4 Å². The van der Waals surface area contributed by atoms with Gasteiger partial charge in [-0.3, -0.25) is 0 Å². The SMILES string of the molecule is CC(C)(C)OC(=O)N(CCCNCc1ccc(F)c(Cl)c1)C1CC1. The van der Waals surface area contributed by atoms with Gasteiger partial charge in [-0.2, -0.15) is 0 Å². The molecule has 1 amide bonds. The van der Waals surface area contributed by atoms with E-state index in [0.29, 0.717) is 19.1 Å². The molecular formula is C18H26ClFN2O2. The Morgan fingerprint density at radius 1 is 1.42 bits per heavy atom. The summed E-state index contributed by atoms with van der Waals surface area (Å²) in [5, 5.41) is 3.43. The number of carbonyl (C=O) groups excluding carboxylic acids is 1. The summed E-state index contributed by atoms with van der Waals surface area (Å²) in [7, 11) is 0. The van der Waals surface area contributed by atoms with Crippen LogP contribution in [0.3, 0.4) is 0 Å². The highest BCUT2D eigenvalue weighted by Crippen LogP contribution is 2.28. The smallest absolute Gasteiger partial charge is 0.410 e. The molecule has 134 valence electrons. The summed E-state index contributed by atoms with van der Waals surface area (Å²) in [6, 6.07) is 5.04. The molecule has 1 fully saturated rings. The molecule has 0 aliphatic heterocycles. The zero-order chi connectivity index (χ0) is 17.7. The first kappa shape index (κ1) is 19.0. The zero-order valence-electron chi connectivity index (χ0n) is 14.6. The number of hydrogen-bond acceptors (Lipinski definition) is 3. The fraction of sp³-hybridized carbons (Fsp3) is 0.611. The second-order valence-electron chi connectivity index (χ2n) is 7.18. The van der Waals surface area contributed by atoms with E-state index in [1.807, 2.05) is 25.7 Å². The Morgan fingerprint density at radius 3 is 2.71 bits per heavy atom. The normalized spacial score (nSPS) is 14.5. The van der Waals surface area contributed by atoms with Gasteiger partial charge in [0.1, 0.15) is 11.4 Å². The first-order chi connectivity index (χ1) is 11.3. The van der Waals surface area contributed by atoms with Gasteiger partial charge < -0.3 is 15.0 Å². The Balaban J connectivity index is 1.71. The molecule has 2 rings (SSSR count). The summed E-state index contributed by atoms with van der Waals surface area (Å²) in [5.41, 5.74) is 0.470. The van der Waals surface area contributed by atoms with E-state index in [4.69, 9.17) is 16.3 Å². The highest BCUT2D eigenvalue weighted by molar-refractivity contribution is 6.30. The van der Waals surface area contributed by atoms with Gasteiger partial charge in [-0.1, -0.05) is 17.7 Å². The molecule has 1 aromatic rings. The molecule has 1 aliphatic rings. The van der Waals surface area contributed by atoms with E-state index in [9.17, 15) is 9.18 Å². The summed E-state index contributed by atoms with van der Waals surface area (Å²) in [6.07, 6.45) is 2.72. The third kappa shape index (κ3) is 6.29. The molecule has 1 N–H and O–H groups in total. The van der Waals surface area contributed by atoms with Gasteiger partial charge >= 0.3 is 6.09 Å². The number of ether oxygens (including phenoxy) is 1. The van der Waals surface area contributed by atoms with E-state index in [2.05, 4.69) is 5.32 Å². The highest BCUT2D eigenvalue weighted by atomic mass is 35.5. The van der Waals surface area contributed by atoms with Crippen molar-refractivity contribution in [3.8, 4) is 0 Å². The lowest BCUT2D eigenvalue weighted by molar-refractivity contribution is 0.0232. The lowest BCUT2D eigenvalue weighted by Gasteiger charge is -2.27. The van der Waals surface area contributed by atoms with E-state index in [1.165, 1.54) is 6.07 Å². The lowest BCUT2D eigenvalue weighted by atomic mass is 10.2. The number of halogens is 2. The third-order valence-corrected chi connectivity index (χ3v) is 3.97. The Hall–Kier alpha value is -1.33. The van der Waals surface area contributed by atoms with Crippen molar-refractivity contribution in [3.05, 3.63) is 34.6 Å². The van der Waals surface area contributed by atoms with Crippen LogP contribution in [0.2, 0.25) is 5.02 Å². The monoisotopic (exact) mass is 356 g/mol. The molecular weight excluding hydrogens is 331 g/mol. The van der Waals surface area contributed by atoms with Crippen LogP contribution in [-0.4, -0.2) is 35.7 Å². The van der Waals surface area contributed by atoms with Gasteiger partial charge in [0.05, 0.1) is 5.02 Å². The van der Waals surface area contributed by atoms with Crippen LogP contribution in [0, 0.1) is 5.82 Å². The maximum Gasteiger partial charge on any atom is 0.410 e. The summed E-state index contributed by atoms with van der Waals surface area (Å²) in [5.74, 6) is -0.405. The van der Waals surface area contributed by atoms with Crippen molar-refractivity contribution in [2.45, 2.75) is 58.2 Å². The maximum absolute atomic E-state index is 13.1. The number of rotatable bonds is 7. The van der Waals surface area contributed by atoms with E-state index in [1.54, 1.807) is 12.1 Å². The van der Waals surface area contributed by atoms with Crippen molar-refractivity contribution in [1.82, 2.24) is 10.2 Å². The fourth-order valence-electron chi connectivity index (χ4n) is 2.39. The second-order valence-corrected chi connectivity index (χ2v) is 7.59. The average molecular weight is 357 g/mol. The molecule has 0 spiro atoms. The van der Waals surface area contributed by atoms with Crippen molar-refractivity contribution in [2.24, 2.45) is 0 Å². The number of hydrogen-bond donors (Lipinski definition) is 1. The van der Waals surface area contributed by atoms with Crippen LogP contribution in [0.5, 0.6) is 0 Å². The Labute approximate surface area is 148 Å². The molecule has 0 aromatic heterocycles. The molecule has 1 saturated carbocycles. The standard InChI is InChI=1S/C18H26ClFN2O2/c1-18(2,3)24-17(23)22(14-6-7-14)10-4-9-21-12-13-5-8-16(20)15(19)11-13/h5,8,11,14,21H,4,6-7,9-10,12H2,1-3H3. The fourth-order valence-corrected chi connectivity index (χ4v) is 2.59. The number of carbonyl (C=O) groups is 1. The minimum atomic E-state index is -0.468. The van der Waals surface area contributed by atoms with Crippen LogP contribution < -0.4 is 5.32 Å². The third-order valence-electron chi connectivity index (χ3n) is 3.68. The van der Waals surface area contributed by atoms with Crippen molar-refractivity contribution in [3.63, 3.8) is 0 Å². The molecule has 0 bridgehead atoms. The van der Waals surface area contributed by atoms with Crippen LogP contribution in [0.15, 0.2) is 18.2 Å². The topological polar surface area (TPSA) is 41.6 Å². The zero-order valence-corrected chi connectivity index (χ0v) is 15.3. The quantitative estimate of drug-likeness (QED) is 0.738. The Kier molecular flexibility index (Phi) is 6.47. The molecule has 1 aliphatic carbocycles. The van der Waals surface area contributed by atoms with Gasteiger partial charge in [0.25, 0.3) is 0 Å². The van der Waals surface area contributed by atoms with E-state index >= 15 is 0 Å². The maximum atomic E-state index is 13.1. The summed E-state index contributed by atoms with van der Waals surface area (Å²) >= 11 is 5.76. The van der Waals surface area contributed by atoms with Crippen molar-refractivity contribution in [1.29, 1.82) is 0 Å².